The van der Waals surface area contributed by atoms with Crippen LogP contribution in [0.15, 0.2) is 54.6 Å². The lowest BCUT2D eigenvalue weighted by Crippen LogP contribution is -2.34. The van der Waals surface area contributed by atoms with Crippen LogP contribution in [0.3, 0.4) is 0 Å². The average molecular weight is 258 g/mol. The third-order valence-corrected chi connectivity index (χ3v) is 3.40. The first kappa shape index (κ1) is 13.6. The molecule has 2 rings (SSSR count). The molecule has 19 heavy (non-hydrogen) atoms. The maximum Gasteiger partial charge on any atom is 0.146 e. The van der Waals surface area contributed by atoms with E-state index < -0.39 is 0 Å². The Kier molecular flexibility index (Phi) is 4.53. The Labute approximate surface area is 113 Å². The minimum atomic E-state index is -0.249. The Morgan fingerprint density at radius 1 is 1.05 bits per heavy atom. The molecule has 100 valence electrons. The molecular formula is C16H19FN2. The molecule has 0 amide bonds. The van der Waals surface area contributed by atoms with Crippen molar-refractivity contribution in [2.75, 3.05) is 11.9 Å². The van der Waals surface area contributed by atoms with Gasteiger partial charge in [0, 0.05) is 18.5 Å². The van der Waals surface area contributed by atoms with Gasteiger partial charge in [0.15, 0.2) is 0 Å². The topological polar surface area (TPSA) is 38.0 Å². The normalized spacial score (nSPS) is 13.8. The summed E-state index contributed by atoms with van der Waals surface area (Å²) in [5.41, 5.74) is 7.52. The van der Waals surface area contributed by atoms with E-state index in [-0.39, 0.29) is 17.8 Å². The van der Waals surface area contributed by atoms with E-state index in [1.165, 1.54) is 11.6 Å². The standard InChI is InChI=1S/C16H19FN2/c1-12(13-7-3-2-4-8-13)16(11-18)19-15-10-6-5-9-14(15)17/h2-10,12,16,19H,11,18H2,1H3. The summed E-state index contributed by atoms with van der Waals surface area (Å²) in [7, 11) is 0. The highest BCUT2D eigenvalue weighted by atomic mass is 19.1. The van der Waals surface area contributed by atoms with Gasteiger partial charge in [0.1, 0.15) is 5.82 Å². The van der Waals surface area contributed by atoms with Crippen molar-refractivity contribution in [2.45, 2.75) is 18.9 Å². The molecule has 2 aromatic rings. The molecule has 2 unspecified atom stereocenters. The van der Waals surface area contributed by atoms with Crippen molar-refractivity contribution in [3.05, 3.63) is 66.0 Å². The van der Waals surface area contributed by atoms with Crippen LogP contribution in [-0.2, 0) is 0 Å². The highest BCUT2D eigenvalue weighted by Gasteiger charge is 2.18. The molecule has 0 radical (unpaired) electrons. The predicted octanol–water partition coefficient (Wildman–Crippen LogP) is 3.37. The number of hydrogen-bond acceptors (Lipinski definition) is 2. The molecule has 3 N–H and O–H groups in total. The first-order valence-electron chi connectivity index (χ1n) is 6.48. The Hall–Kier alpha value is -1.87. The number of hydrogen-bond donors (Lipinski definition) is 2. The predicted molar refractivity (Wildman–Crippen MR) is 77.7 cm³/mol. The number of nitrogens with two attached hydrogens (primary N) is 1. The van der Waals surface area contributed by atoms with Crippen LogP contribution in [0, 0.1) is 5.82 Å². The minimum Gasteiger partial charge on any atom is -0.378 e. The number of rotatable bonds is 5. The summed E-state index contributed by atoms with van der Waals surface area (Å²) in [6.45, 7) is 2.55. The third kappa shape index (κ3) is 3.32. The third-order valence-electron chi connectivity index (χ3n) is 3.40. The fourth-order valence-electron chi connectivity index (χ4n) is 2.15. The fourth-order valence-corrected chi connectivity index (χ4v) is 2.15. The molecule has 0 bridgehead atoms. The van der Waals surface area contributed by atoms with Crippen LogP contribution in [0.4, 0.5) is 10.1 Å². The van der Waals surface area contributed by atoms with Crippen LogP contribution in [0.1, 0.15) is 18.4 Å². The smallest absolute Gasteiger partial charge is 0.146 e. The Bertz CT molecular complexity index is 513. The monoisotopic (exact) mass is 258 g/mol. The number of nitrogens with one attached hydrogen (secondary N) is 1. The summed E-state index contributed by atoms with van der Waals surface area (Å²) >= 11 is 0. The molecule has 0 saturated heterocycles. The molecular weight excluding hydrogens is 239 g/mol. The van der Waals surface area contributed by atoms with E-state index >= 15 is 0 Å². The summed E-state index contributed by atoms with van der Waals surface area (Å²) in [4.78, 5) is 0. The lowest BCUT2D eigenvalue weighted by atomic mass is 9.93. The van der Waals surface area contributed by atoms with Crippen molar-refractivity contribution in [2.24, 2.45) is 5.73 Å². The molecule has 0 saturated carbocycles. The first-order valence-corrected chi connectivity index (χ1v) is 6.48. The van der Waals surface area contributed by atoms with E-state index in [1.807, 2.05) is 24.3 Å². The van der Waals surface area contributed by atoms with Crippen molar-refractivity contribution in [3.63, 3.8) is 0 Å². The summed E-state index contributed by atoms with van der Waals surface area (Å²) in [5.74, 6) is -0.0352. The lowest BCUT2D eigenvalue weighted by Gasteiger charge is -2.25. The van der Waals surface area contributed by atoms with E-state index in [2.05, 4.69) is 24.4 Å². The van der Waals surface area contributed by atoms with Crippen LogP contribution in [0.2, 0.25) is 0 Å². The molecule has 0 aliphatic heterocycles. The molecule has 0 spiro atoms. The van der Waals surface area contributed by atoms with E-state index in [0.29, 0.717) is 12.2 Å². The first-order chi connectivity index (χ1) is 9.22. The SMILES string of the molecule is CC(c1ccccc1)C(CN)Nc1ccccc1F. The van der Waals surface area contributed by atoms with E-state index in [1.54, 1.807) is 12.1 Å². The Morgan fingerprint density at radius 2 is 1.68 bits per heavy atom. The van der Waals surface area contributed by atoms with Crippen molar-refractivity contribution >= 4 is 5.69 Å². The van der Waals surface area contributed by atoms with Gasteiger partial charge in [-0.3, -0.25) is 0 Å². The molecule has 2 aromatic carbocycles. The summed E-state index contributed by atoms with van der Waals surface area (Å²) in [5, 5.41) is 3.20. The second-order valence-electron chi connectivity index (χ2n) is 4.67. The van der Waals surface area contributed by atoms with E-state index in [0.717, 1.165) is 0 Å². The molecule has 0 fully saturated rings. The zero-order chi connectivity index (χ0) is 13.7. The number of benzene rings is 2. The van der Waals surface area contributed by atoms with E-state index in [4.69, 9.17) is 5.73 Å². The highest BCUT2D eigenvalue weighted by Crippen LogP contribution is 2.23. The zero-order valence-corrected chi connectivity index (χ0v) is 11.0. The maximum atomic E-state index is 13.6. The number of halogens is 1. The van der Waals surface area contributed by atoms with Gasteiger partial charge in [0.25, 0.3) is 0 Å². The van der Waals surface area contributed by atoms with Gasteiger partial charge in [0.05, 0.1) is 5.69 Å². The maximum absolute atomic E-state index is 13.6. The summed E-state index contributed by atoms with van der Waals surface area (Å²) in [6.07, 6.45) is 0. The number of para-hydroxylation sites is 1. The van der Waals surface area contributed by atoms with Crippen LogP contribution in [0.25, 0.3) is 0 Å². The second kappa shape index (κ2) is 6.34. The van der Waals surface area contributed by atoms with Crippen molar-refractivity contribution < 1.29 is 4.39 Å². The van der Waals surface area contributed by atoms with Gasteiger partial charge in [-0.1, -0.05) is 49.4 Å². The second-order valence-corrected chi connectivity index (χ2v) is 4.67. The van der Waals surface area contributed by atoms with Gasteiger partial charge in [0.2, 0.25) is 0 Å². The quantitative estimate of drug-likeness (QED) is 0.863. The van der Waals surface area contributed by atoms with E-state index in [9.17, 15) is 4.39 Å². The van der Waals surface area contributed by atoms with Crippen molar-refractivity contribution in [1.29, 1.82) is 0 Å². The van der Waals surface area contributed by atoms with Crippen LogP contribution in [-0.4, -0.2) is 12.6 Å². The molecule has 3 heteroatoms. The molecule has 0 aromatic heterocycles. The fraction of sp³-hybridized carbons (Fsp3) is 0.250. The molecule has 0 aliphatic carbocycles. The Balaban J connectivity index is 2.15. The largest absolute Gasteiger partial charge is 0.378 e. The van der Waals surface area contributed by atoms with Gasteiger partial charge >= 0.3 is 0 Å². The summed E-state index contributed by atoms with van der Waals surface area (Å²) < 4.78 is 13.6. The molecule has 2 atom stereocenters. The highest BCUT2D eigenvalue weighted by molar-refractivity contribution is 5.46. The van der Waals surface area contributed by atoms with Gasteiger partial charge in [-0.05, 0) is 17.7 Å². The zero-order valence-electron chi connectivity index (χ0n) is 11.0. The van der Waals surface area contributed by atoms with Gasteiger partial charge < -0.3 is 11.1 Å². The lowest BCUT2D eigenvalue weighted by molar-refractivity contribution is 0.592. The van der Waals surface area contributed by atoms with Gasteiger partial charge in [-0.15, -0.1) is 0 Å². The van der Waals surface area contributed by atoms with Gasteiger partial charge in [-0.2, -0.15) is 0 Å². The van der Waals surface area contributed by atoms with Crippen LogP contribution < -0.4 is 11.1 Å². The van der Waals surface area contributed by atoms with Crippen molar-refractivity contribution in [1.82, 2.24) is 0 Å². The molecule has 0 aliphatic rings. The summed E-state index contributed by atoms with van der Waals surface area (Å²) in [6, 6.07) is 16.8. The van der Waals surface area contributed by atoms with Crippen molar-refractivity contribution in [3.8, 4) is 0 Å². The average Bonchev–Trinajstić information content (AvgIpc) is 2.47. The Morgan fingerprint density at radius 3 is 2.32 bits per heavy atom. The minimum absolute atomic E-state index is 0.000648. The number of anilines is 1. The molecule has 0 heterocycles. The van der Waals surface area contributed by atoms with Gasteiger partial charge in [-0.25, -0.2) is 4.39 Å². The molecule has 2 nitrogen and oxygen atoms in total. The van der Waals surface area contributed by atoms with Crippen LogP contribution >= 0.6 is 0 Å². The van der Waals surface area contributed by atoms with Crippen LogP contribution in [0.5, 0.6) is 0 Å².